The standard InChI is InChI=1S/C18H16N4O/c1-12-7-14(10-19-9-12)18(23)22-6-4-16-15(11-22)8-13-3-2-5-20-17(13)21-16/h2-3,5,7-10H,4,6,11H2,1H3. The molecule has 5 heteroatoms. The van der Waals surface area contributed by atoms with Crippen LogP contribution in [0.15, 0.2) is 42.9 Å². The largest absolute Gasteiger partial charge is 0.334 e. The Morgan fingerprint density at radius 1 is 1.26 bits per heavy atom. The number of rotatable bonds is 1. The molecule has 0 unspecified atom stereocenters. The third-order valence-corrected chi connectivity index (χ3v) is 4.15. The van der Waals surface area contributed by atoms with Gasteiger partial charge in [0.1, 0.15) is 0 Å². The normalized spacial score (nSPS) is 13.9. The van der Waals surface area contributed by atoms with E-state index in [9.17, 15) is 4.79 Å². The predicted octanol–water partition coefficient (Wildman–Crippen LogP) is 2.53. The van der Waals surface area contributed by atoms with E-state index in [1.165, 1.54) is 0 Å². The van der Waals surface area contributed by atoms with Crippen molar-refractivity contribution < 1.29 is 4.79 Å². The fourth-order valence-corrected chi connectivity index (χ4v) is 2.99. The Kier molecular flexibility index (Phi) is 3.26. The van der Waals surface area contributed by atoms with Crippen LogP contribution >= 0.6 is 0 Å². The molecule has 1 amide bonds. The van der Waals surface area contributed by atoms with Crippen molar-refractivity contribution >= 4 is 16.9 Å². The van der Waals surface area contributed by atoms with Crippen molar-refractivity contribution in [3.63, 3.8) is 0 Å². The number of carbonyl (C=O) groups excluding carboxylic acids is 1. The van der Waals surface area contributed by atoms with Gasteiger partial charge < -0.3 is 4.90 Å². The topological polar surface area (TPSA) is 59.0 Å². The highest BCUT2D eigenvalue weighted by molar-refractivity contribution is 5.94. The van der Waals surface area contributed by atoms with Crippen molar-refractivity contribution in [2.45, 2.75) is 19.9 Å². The molecular formula is C18H16N4O. The highest BCUT2D eigenvalue weighted by Crippen LogP contribution is 2.22. The second-order valence-electron chi connectivity index (χ2n) is 5.87. The molecule has 0 aromatic carbocycles. The van der Waals surface area contributed by atoms with Gasteiger partial charge in [-0.1, -0.05) is 0 Å². The lowest BCUT2D eigenvalue weighted by Gasteiger charge is -2.28. The quantitative estimate of drug-likeness (QED) is 0.693. The first-order valence-electron chi connectivity index (χ1n) is 7.65. The van der Waals surface area contributed by atoms with E-state index >= 15 is 0 Å². The Balaban J connectivity index is 1.65. The molecule has 114 valence electrons. The Bertz CT molecular complexity index is 906. The second-order valence-corrected chi connectivity index (χ2v) is 5.87. The zero-order valence-electron chi connectivity index (χ0n) is 12.9. The third-order valence-electron chi connectivity index (χ3n) is 4.15. The van der Waals surface area contributed by atoms with Crippen LogP contribution in [-0.2, 0) is 13.0 Å². The van der Waals surface area contributed by atoms with Gasteiger partial charge in [0.25, 0.3) is 5.91 Å². The van der Waals surface area contributed by atoms with Crippen molar-refractivity contribution in [3.05, 3.63) is 65.2 Å². The average Bonchev–Trinajstić information content (AvgIpc) is 2.59. The van der Waals surface area contributed by atoms with E-state index in [1.54, 1.807) is 18.6 Å². The van der Waals surface area contributed by atoms with Crippen molar-refractivity contribution in [2.24, 2.45) is 0 Å². The highest BCUT2D eigenvalue weighted by atomic mass is 16.2. The highest BCUT2D eigenvalue weighted by Gasteiger charge is 2.23. The molecule has 0 radical (unpaired) electrons. The van der Waals surface area contributed by atoms with Crippen molar-refractivity contribution in [3.8, 4) is 0 Å². The van der Waals surface area contributed by atoms with Crippen LogP contribution in [0.3, 0.4) is 0 Å². The summed E-state index contributed by atoms with van der Waals surface area (Å²) < 4.78 is 0. The number of amides is 1. The zero-order valence-corrected chi connectivity index (χ0v) is 12.9. The van der Waals surface area contributed by atoms with E-state index in [4.69, 9.17) is 0 Å². The van der Waals surface area contributed by atoms with Crippen LogP contribution in [0, 0.1) is 6.92 Å². The predicted molar refractivity (Wildman–Crippen MR) is 87.0 cm³/mol. The summed E-state index contributed by atoms with van der Waals surface area (Å²) in [6, 6.07) is 7.88. The van der Waals surface area contributed by atoms with Crippen LogP contribution in [0.4, 0.5) is 0 Å². The molecule has 0 spiro atoms. The van der Waals surface area contributed by atoms with Gasteiger partial charge in [-0.05, 0) is 42.3 Å². The Labute approximate surface area is 134 Å². The van der Waals surface area contributed by atoms with Crippen LogP contribution in [0.5, 0.6) is 0 Å². The van der Waals surface area contributed by atoms with E-state index < -0.39 is 0 Å². The first-order chi connectivity index (χ1) is 11.2. The molecule has 0 saturated carbocycles. The molecule has 0 bridgehead atoms. The summed E-state index contributed by atoms with van der Waals surface area (Å²) in [5.74, 6) is 0.0260. The van der Waals surface area contributed by atoms with Gasteiger partial charge in [0.2, 0.25) is 0 Å². The minimum atomic E-state index is 0.0260. The van der Waals surface area contributed by atoms with E-state index in [2.05, 4.69) is 21.0 Å². The third kappa shape index (κ3) is 2.54. The summed E-state index contributed by atoms with van der Waals surface area (Å²) >= 11 is 0. The maximum Gasteiger partial charge on any atom is 0.255 e. The minimum absolute atomic E-state index is 0.0260. The van der Waals surface area contributed by atoms with E-state index in [-0.39, 0.29) is 5.91 Å². The minimum Gasteiger partial charge on any atom is -0.334 e. The molecule has 23 heavy (non-hydrogen) atoms. The van der Waals surface area contributed by atoms with Crippen LogP contribution in [0.1, 0.15) is 27.2 Å². The molecule has 5 nitrogen and oxygen atoms in total. The second kappa shape index (κ2) is 5.43. The maximum absolute atomic E-state index is 12.7. The van der Waals surface area contributed by atoms with Gasteiger partial charge in [-0.3, -0.25) is 9.78 Å². The summed E-state index contributed by atoms with van der Waals surface area (Å²) in [5, 5.41) is 1.01. The van der Waals surface area contributed by atoms with Crippen molar-refractivity contribution in [2.75, 3.05) is 6.54 Å². The van der Waals surface area contributed by atoms with Crippen molar-refractivity contribution in [1.82, 2.24) is 19.9 Å². The van der Waals surface area contributed by atoms with Gasteiger partial charge in [0.05, 0.1) is 5.56 Å². The first-order valence-corrected chi connectivity index (χ1v) is 7.65. The number of aryl methyl sites for hydroxylation is 1. The number of pyridine rings is 3. The molecule has 4 rings (SSSR count). The molecule has 4 heterocycles. The average molecular weight is 304 g/mol. The number of carbonyl (C=O) groups is 1. The van der Waals surface area contributed by atoms with Crippen LogP contribution in [0.25, 0.3) is 11.0 Å². The van der Waals surface area contributed by atoms with Crippen LogP contribution < -0.4 is 0 Å². The van der Waals surface area contributed by atoms with Crippen LogP contribution in [-0.4, -0.2) is 32.3 Å². The maximum atomic E-state index is 12.7. The molecule has 3 aromatic rings. The molecule has 1 aliphatic rings. The molecule has 0 saturated heterocycles. The fraction of sp³-hybridized carbons (Fsp3) is 0.222. The van der Waals surface area contributed by atoms with Crippen molar-refractivity contribution in [1.29, 1.82) is 0 Å². The number of aromatic nitrogens is 3. The molecule has 0 aliphatic carbocycles. The van der Waals surface area contributed by atoms with Gasteiger partial charge in [0, 0.05) is 49.2 Å². The summed E-state index contributed by atoms with van der Waals surface area (Å²) in [5.41, 5.74) is 4.55. The molecular weight excluding hydrogens is 288 g/mol. The number of hydrogen-bond donors (Lipinski definition) is 0. The summed E-state index contributed by atoms with van der Waals surface area (Å²) in [7, 11) is 0. The molecule has 3 aromatic heterocycles. The van der Waals surface area contributed by atoms with Gasteiger partial charge in [-0.15, -0.1) is 0 Å². The van der Waals surface area contributed by atoms with Gasteiger partial charge >= 0.3 is 0 Å². The van der Waals surface area contributed by atoms with Gasteiger partial charge in [0.15, 0.2) is 5.65 Å². The first kappa shape index (κ1) is 13.8. The lowest BCUT2D eigenvalue weighted by atomic mass is 10.0. The van der Waals surface area contributed by atoms with E-state index in [1.807, 2.05) is 30.0 Å². The van der Waals surface area contributed by atoms with E-state index in [0.29, 0.717) is 18.7 Å². The molecule has 0 fully saturated rings. The van der Waals surface area contributed by atoms with E-state index in [0.717, 1.165) is 34.3 Å². The summed E-state index contributed by atoms with van der Waals surface area (Å²) in [4.78, 5) is 27.6. The monoisotopic (exact) mass is 304 g/mol. The molecule has 0 N–H and O–H groups in total. The molecule has 1 aliphatic heterocycles. The fourth-order valence-electron chi connectivity index (χ4n) is 2.99. The van der Waals surface area contributed by atoms with Gasteiger partial charge in [-0.25, -0.2) is 9.97 Å². The Morgan fingerprint density at radius 2 is 2.17 bits per heavy atom. The lowest BCUT2D eigenvalue weighted by Crippen LogP contribution is -2.36. The zero-order chi connectivity index (χ0) is 15.8. The smallest absolute Gasteiger partial charge is 0.255 e. The number of hydrogen-bond acceptors (Lipinski definition) is 4. The van der Waals surface area contributed by atoms with Crippen LogP contribution in [0.2, 0.25) is 0 Å². The summed E-state index contributed by atoms with van der Waals surface area (Å²) in [6.07, 6.45) is 5.90. The molecule has 0 atom stereocenters. The SMILES string of the molecule is Cc1cncc(C(=O)N2CCc3nc4ncccc4cc3C2)c1. The number of fused-ring (bicyclic) bond motifs is 2. The Hall–Kier alpha value is -2.82. The Morgan fingerprint density at radius 3 is 3.04 bits per heavy atom. The van der Waals surface area contributed by atoms with Gasteiger partial charge in [-0.2, -0.15) is 0 Å². The lowest BCUT2D eigenvalue weighted by molar-refractivity contribution is 0.0733. The number of nitrogens with zero attached hydrogens (tertiary/aromatic N) is 4. The summed E-state index contributed by atoms with van der Waals surface area (Å²) in [6.45, 7) is 3.20.